The van der Waals surface area contributed by atoms with Crippen molar-refractivity contribution in [1.29, 1.82) is 0 Å². The molecule has 2 aliphatic carbocycles. The first kappa shape index (κ1) is 51.8. The molecule has 2 fully saturated rings. The fraction of sp³-hybridized carbons (Fsp3) is 0.154. The van der Waals surface area contributed by atoms with E-state index in [0.29, 0.717) is 11.8 Å². The number of anilines is 6. The molecule has 80 heavy (non-hydrogen) atoms. The molecule has 0 spiro atoms. The fourth-order valence-electron chi connectivity index (χ4n) is 12.7. The van der Waals surface area contributed by atoms with Crippen molar-refractivity contribution >= 4 is 55.7 Å². The van der Waals surface area contributed by atoms with Gasteiger partial charge >= 0.3 is 0 Å². The zero-order valence-electron chi connectivity index (χ0n) is 45.9. The second kappa shape index (κ2) is 24.4. The first-order chi connectivity index (χ1) is 39.6. The third-order valence-corrected chi connectivity index (χ3v) is 16.8. The molecule has 0 heterocycles. The first-order valence-electron chi connectivity index (χ1n) is 29.1. The Morgan fingerprint density at radius 1 is 0.263 bits per heavy atom. The number of fused-ring (bicyclic) bond motifs is 2. The normalized spacial score (nSPS) is 13.8. The van der Waals surface area contributed by atoms with Gasteiger partial charge in [-0.1, -0.05) is 246 Å². The molecule has 11 aromatic carbocycles. The Hall–Kier alpha value is -8.98. The lowest BCUT2D eigenvalue weighted by Crippen LogP contribution is -2.11. The van der Waals surface area contributed by atoms with Crippen molar-refractivity contribution in [1.82, 2.24) is 0 Å². The minimum Gasteiger partial charge on any atom is -0.310 e. The van der Waals surface area contributed by atoms with Gasteiger partial charge in [0.15, 0.2) is 0 Å². The molecule has 0 amide bonds. The minimum absolute atomic E-state index is 0.639. The van der Waals surface area contributed by atoms with Crippen molar-refractivity contribution in [3.8, 4) is 44.5 Å². The number of nitrogens with zero attached hydrogens (tertiary/aromatic N) is 2. The molecule has 392 valence electrons. The SMILES string of the molecule is C=CC=C.c1ccc(-c2ccc(N(c3ccc(C4CCCCC4)cc3)c3ccc4c(-c5ccccc5)c5cc(N(c6ccc(-c7ccccc7)cc6)c6ccc(C7CCCCC7)cc6)ccc5c(-c5ccccc5)c4c3)cc2)cc1. The summed E-state index contributed by atoms with van der Waals surface area (Å²) in [6, 6.07) is 95.3. The highest BCUT2D eigenvalue weighted by atomic mass is 15.1. The summed E-state index contributed by atoms with van der Waals surface area (Å²) in [6.07, 6.45) is 16.4. The molecule has 0 aromatic heterocycles. The predicted octanol–water partition coefficient (Wildman–Crippen LogP) is 23.1. The van der Waals surface area contributed by atoms with Gasteiger partial charge in [0, 0.05) is 34.1 Å². The molecule has 2 aliphatic rings. The molecular weight excluding hydrogens is 965 g/mol. The van der Waals surface area contributed by atoms with Gasteiger partial charge in [0.25, 0.3) is 0 Å². The molecule has 0 radical (unpaired) electrons. The first-order valence-corrected chi connectivity index (χ1v) is 29.1. The van der Waals surface area contributed by atoms with Crippen molar-refractivity contribution in [3.05, 3.63) is 291 Å². The van der Waals surface area contributed by atoms with Crippen LogP contribution in [0.3, 0.4) is 0 Å². The number of hydrogen-bond acceptors (Lipinski definition) is 2. The average molecular weight is 1040 g/mol. The summed E-state index contributed by atoms with van der Waals surface area (Å²) >= 11 is 0. The summed E-state index contributed by atoms with van der Waals surface area (Å²) in [7, 11) is 0. The van der Waals surface area contributed by atoms with E-state index in [-0.39, 0.29) is 0 Å². The molecule has 2 nitrogen and oxygen atoms in total. The Morgan fingerprint density at radius 2 is 0.537 bits per heavy atom. The van der Waals surface area contributed by atoms with Gasteiger partial charge in [-0.3, -0.25) is 0 Å². The molecule has 0 aliphatic heterocycles. The quantitative estimate of drug-likeness (QED) is 0.0839. The second-order valence-electron chi connectivity index (χ2n) is 21.8. The van der Waals surface area contributed by atoms with E-state index in [2.05, 4.69) is 278 Å². The summed E-state index contributed by atoms with van der Waals surface area (Å²) in [5.41, 5.74) is 19.5. The van der Waals surface area contributed by atoms with E-state index in [1.165, 1.54) is 141 Å². The van der Waals surface area contributed by atoms with Gasteiger partial charge in [0.05, 0.1) is 0 Å². The van der Waals surface area contributed by atoms with Crippen LogP contribution < -0.4 is 9.80 Å². The molecule has 2 saturated carbocycles. The van der Waals surface area contributed by atoms with Crippen LogP contribution in [0.25, 0.3) is 66.1 Å². The molecular formula is C78H70N2. The Labute approximate surface area is 474 Å². The molecule has 13 rings (SSSR count). The lowest BCUT2D eigenvalue weighted by molar-refractivity contribution is 0.443. The van der Waals surface area contributed by atoms with Crippen LogP contribution >= 0.6 is 0 Å². The van der Waals surface area contributed by atoms with E-state index in [1.807, 2.05) is 0 Å². The van der Waals surface area contributed by atoms with E-state index < -0.39 is 0 Å². The standard InChI is InChI=1S/C74H64N2.C4H6/c1-7-19-53(20-8-1)57-31-39-63(40-32-57)75(64-41-33-58(34-42-64)54-21-9-2-10-22-54)67-47-49-69-71(51-67)73(61-27-15-5-16-28-61)70-50-48-68(52-72(70)74(69)62-29-17-6-18-30-62)76(65-43-35-59(36-44-65)55-23-11-3-12-24-55)66-45-37-60(38-46-66)56-25-13-4-14-26-56;1-3-4-2/h1,3,5-8,11-12,15-20,23-24,27-52,54,56H,2,4,9-10,13-14,21-22,25-26H2;3-4H,1-2H2. The molecule has 0 saturated heterocycles. The van der Waals surface area contributed by atoms with Crippen molar-refractivity contribution < 1.29 is 0 Å². The van der Waals surface area contributed by atoms with E-state index in [1.54, 1.807) is 12.2 Å². The monoisotopic (exact) mass is 1030 g/mol. The molecule has 11 aromatic rings. The molecule has 0 atom stereocenters. The maximum atomic E-state index is 3.36. The third-order valence-electron chi connectivity index (χ3n) is 16.8. The van der Waals surface area contributed by atoms with Gasteiger partial charge in [-0.05, 0) is 187 Å². The van der Waals surface area contributed by atoms with Gasteiger partial charge < -0.3 is 9.80 Å². The van der Waals surface area contributed by atoms with Crippen LogP contribution in [-0.2, 0) is 0 Å². The highest BCUT2D eigenvalue weighted by Crippen LogP contribution is 2.49. The van der Waals surface area contributed by atoms with Gasteiger partial charge in [-0.15, -0.1) is 0 Å². The minimum atomic E-state index is 0.639. The highest BCUT2D eigenvalue weighted by molar-refractivity contribution is 6.22. The van der Waals surface area contributed by atoms with Crippen LogP contribution in [0.2, 0.25) is 0 Å². The van der Waals surface area contributed by atoms with Crippen LogP contribution in [0.5, 0.6) is 0 Å². The lowest BCUT2D eigenvalue weighted by Gasteiger charge is -2.29. The summed E-state index contributed by atoms with van der Waals surface area (Å²) in [4.78, 5) is 4.92. The van der Waals surface area contributed by atoms with Gasteiger partial charge in [0.1, 0.15) is 0 Å². The van der Waals surface area contributed by atoms with Crippen LogP contribution in [0, 0.1) is 0 Å². The maximum absolute atomic E-state index is 3.36. The zero-order valence-corrected chi connectivity index (χ0v) is 45.9. The van der Waals surface area contributed by atoms with Crippen molar-refractivity contribution in [3.63, 3.8) is 0 Å². The number of benzene rings is 11. The summed E-state index contributed by atoms with van der Waals surface area (Å²) in [5, 5.41) is 4.89. The van der Waals surface area contributed by atoms with Gasteiger partial charge in [0.2, 0.25) is 0 Å². The Morgan fingerprint density at radius 3 is 0.850 bits per heavy atom. The van der Waals surface area contributed by atoms with E-state index in [9.17, 15) is 0 Å². The molecule has 0 unspecified atom stereocenters. The summed E-state index contributed by atoms with van der Waals surface area (Å²) in [5.74, 6) is 1.28. The molecule has 0 N–H and O–H groups in total. The number of hydrogen-bond donors (Lipinski definition) is 0. The zero-order chi connectivity index (χ0) is 54.0. The smallest absolute Gasteiger partial charge is 0.0468 e. The summed E-state index contributed by atoms with van der Waals surface area (Å²) < 4.78 is 0. The second-order valence-corrected chi connectivity index (χ2v) is 21.8. The largest absolute Gasteiger partial charge is 0.310 e. The van der Waals surface area contributed by atoms with Crippen LogP contribution in [0.4, 0.5) is 34.1 Å². The topological polar surface area (TPSA) is 6.48 Å². The van der Waals surface area contributed by atoms with Crippen LogP contribution in [0.15, 0.2) is 280 Å². The highest BCUT2D eigenvalue weighted by Gasteiger charge is 2.24. The predicted molar refractivity (Wildman–Crippen MR) is 345 cm³/mol. The van der Waals surface area contributed by atoms with E-state index >= 15 is 0 Å². The van der Waals surface area contributed by atoms with Crippen LogP contribution in [0.1, 0.15) is 87.2 Å². The van der Waals surface area contributed by atoms with E-state index in [0.717, 1.165) is 34.1 Å². The molecule has 0 bridgehead atoms. The third kappa shape index (κ3) is 11.0. The number of allylic oxidation sites excluding steroid dienone is 2. The summed E-state index contributed by atoms with van der Waals surface area (Å²) in [6.45, 7) is 6.72. The van der Waals surface area contributed by atoms with Gasteiger partial charge in [-0.2, -0.15) is 0 Å². The van der Waals surface area contributed by atoms with Crippen LogP contribution in [-0.4, -0.2) is 0 Å². The van der Waals surface area contributed by atoms with Gasteiger partial charge in [-0.25, -0.2) is 0 Å². The Bertz CT molecular complexity index is 3560. The fourth-order valence-corrected chi connectivity index (χ4v) is 12.7. The average Bonchev–Trinajstić information content (AvgIpc) is 3.67. The maximum Gasteiger partial charge on any atom is 0.0468 e. The van der Waals surface area contributed by atoms with Crippen molar-refractivity contribution in [2.24, 2.45) is 0 Å². The van der Waals surface area contributed by atoms with Crippen molar-refractivity contribution in [2.45, 2.75) is 76.0 Å². The van der Waals surface area contributed by atoms with E-state index in [4.69, 9.17) is 0 Å². The Kier molecular flexibility index (Phi) is 15.8. The number of rotatable bonds is 13. The molecule has 2 heteroatoms. The van der Waals surface area contributed by atoms with Crippen molar-refractivity contribution in [2.75, 3.05) is 9.80 Å². The Balaban J connectivity index is 0.00000154. The lowest BCUT2D eigenvalue weighted by atomic mass is 9.84.